The molecule has 37 heteroatoms. The van der Waals surface area contributed by atoms with Gasteiger partial charge < -0.3 is 51.4 Å². The molecule has 0 saturated heterocycles. The van der Waals surface area contributed by atoms with Gasteiger partial charge in [0, 0.05) is 119 Å². The van der Waals surface area contributed by atoms with Crippen LogP contribution in [0.3, 0.4) is 0 Å². The molecule has 0 saturated carbocycles. The van der Waals surface area contributed by atoms with E-state index in [0.29, 0.717) is 75.5 Å². The first-order valence-corrected chi connectivity index (χ1v) is 37.0. The van der Waals surface area contributed by atoms with Crippen molar-refractivity contribution < 1.29 is 57.3 Å². The van der Waals surface area contributed by atoms with E-state index in [1.54, 1.807) is 68.2 Å². The van der Waals surface area contributed by atoms with E-state index in [1.807, 2.05) is 18.2 Å². The Morgan fingerprint density at radius 3 is 1.25 bits per heavy atom. The Hall–Kier alpha value is -6.20. The fourth-order valence-corrected chi connectivity index (χ4v) is 11.1. The summed E-state index contributed by atoms with van der Waals surface area (Å²) in [6.07, 6.45) is 16.6. The second-order valence-corrected chi connectivity index (χ2v) is 28.8. The number of aliphatic hydroxyl groups excluding tert-OH is 1. The molecule has 0 aliphatic rings. The molecule has 0 unspecified atom stereocenters. The zero-order valence-electron chi connectivity index (χ0n) is 52.8. The maximum atomic E-state index is 14.1. The average molecular weight is 2100 g/mol. The van der Waals surface area contributed by atoms with Crippen LogP contribution in [0.25, 0.3) is 22.5 Å². The van der Waals surface area contributed by atoms with Crippen LogP contribution >= 0.6 is 185 Å². The van der Waals surface area contributed by atoms with Crippen LogP contribution < -0.4 is 27.1 Å². The van der Waals surface area contributed by atoms with E-state index in [0.717, 1.165) is 37.9 Å². The van der Waals surface area contributed by atoms with E-state index < -0.39 is 42.5 Å². The molecule has 0 aliphatic carbocycles. The van der Waals surface area contributed by atoms with Gasteiger partial charge in [-0.05, 0) is 266 Å². The molecule has 9 N–H and O–H groups in total. The van der Waals surface area contributed by atoms with Gasteiger partial charge in [0.15, 0.2) is 0 Å². The first-order valence-electron chi connectivity index (χ1n) is 28.4. The minimum Gasteiger partial charge on any atom is -0.478 e. The Kier molecular flexibility index (Phi) is 37.9. The highest BCUT2D eigenvalue weighted by atomic mass is 127. The standard InChI is InChI=1S/C18H12BrClFN3O2.C17H10BrClFN3O2.C12H9Br2N3O2.C6H5BClFO2.C5H2Br2IN.C5H3Br2N.C3H9NO/c1-26-18(25)12-8-22-5-4-15(12)24-17-7-16(23-9-13(17)19)11-6-10(20)2-3-14(11)21;18-12-8-22-15(10-5-9(19)1-2-13(10)20)6-16(12)23-14-3-4-21-7-11(14)17(24)25;1-19-12(18)7-5-15-3-2-9(7)17-10-4-11(14)16-6-8(10)13;8-4-1-2-6(9)5(3-4)7(10)11;6-3-2-9-5(7)1-4(3)8;6-4-1-2-5(7)8-3-4;1-3(5)2-4/h2-9H,1H3,(H,22,23,24);1-8H,(H,24,25)(H,21,22,23);2-6H,1H3,(H,15,16,17);1-3,10-11H;1-2H;1-3H;3,5H,2,4H2,1H3/t;;;;;;3-/m......0/s1. The van der Waals surface area contributed by atoms with Crippen LogP contribution in [0.15, 0.2) is 214 Å². The van der Waals surface area contributed by atoms with Gasteiger partial charge in [0.25, 0.3) is 0 Å². The van der Waals surface area contributed by atoms with Crippen molar-refractivity contribution in [2.45, 2.75) is 13.0 Å². The fraction of sp³-hybridized carbons (Fsp3) is 0.0758. The van der Waals surface area contributed by atoms with Crippen LogP contribution in [0, 0.1) is 21.0 Å². The monoisotopic (exact) mass is 2090 g/mol. The molecular weight excluding hydrogens is 2050 g/mol. The summed E-state index contributed by atoms with van der Waals surface area (Å²) in [4.78, 5) is 67.0. The summed E-state index contributed by atoms with van der Waals surface area (Å²) in [7, 11) is 0.813. The molecule has 8 heterocycles. The Balaban J connectivity index is 0.000000230. The normalized spacial score (nSPS) is 10.4. The minimum absolute atomic E-state index is 0.0155. The molecule has 0 radical (unpaired) electrons. The van der Waals surface area contributed by atoms with Gasteiger partial charge in [0.05, 0.1) is 79.3 Å². The van der Waals surface area contributed by atoms with Crippen molar-refractivity contribution in [2.75, 3.05) is 36.7 Å². The number of aliphatic hydroxyl groups is 1. The van der Waals surface area contributed by atoms with Gasteiger partial charge in [-0.2, -0.15) is 0 Å². The van der Waals surface area contributed by atoms with Crippen LogP contribution in [-0.4, -0.2) is 112 Å². The Bertz CT molecular complexity index is 4690. The van der Waals surface area contributed by atoms with Crippen LogP contribution in [0.2, 0.25) is 15.1 Å². The number of ether oxygens (including phenoxy) is 2. The Morgan fingerprint density at radius 1 is 0.505 bits per heavy atom. The van der Waals surface area contributed by atoms with E-state index in [1.165, 1.54) is 106 Å². The van der Waals surface area contributed by atoms with Gasteiger partial charge in [-0.3, -0.25) is 24.9 Å². The molecule has 536 valence electrons. The molecule has 103 heavy (non-hydrogen) atoms. The third-order valence-corrected chi connectivity index (χ3v) is 19.0. The number of pyridine rings is 8. The zero-order valence-corrected chi connectivity index (χ0v) is 69.9. The second-order valence-electron chi connectivity index (χ2n) is 19.6. The van der Waals surface area contributed by atoms with Crippen molar-refractivity contribution in [3.05, 3.63) is 266 Å². The molecule has 1 atom stereocenters. The fourth-order valence-electron chi connectivity index (χ4n) is 7.38. The predicted octanol–water partition coefficient (Wildman–Crippen LogP) is 19.2. The number of carboxylic acid groups (broad SMARTS) is 1. The summed E-state index contributed by atoms with van der Waals surface area (Å²) in [6.45, 7) is 2.01. The molecule has 21 nitrogen and oxygen atoms in total. The van der Waals surface area contributed by atoms with Gasteiger partial charge in [-0.25, -0.2) is 42.5 Å². The SMILES string of the molecule is Brc1cc(I)c(Br)cn1.Brc1ccc(Br)nc1.COC(=O)c1cnccc1Nc1cc(-c2cc(Cl)ccc2F)ncc1Br.COC(=O)c1cnccc1Nc1cc(Br)ncc1Br.C[C@H](O)CN.O=C(O)c1cnccc1Nc1cc(-c2cc(Cl)ccc2F)ncc1Br.OB(O)c1cc(Cl)ccc1F. The number of methoxy groups -OCH3 is 2. The number of nitrogens with one attached hydrogen (secondary N) is 3. The number of carboxylic acids is 1. The zero-order chi connectivity index (χ0) is 76.0. The largest absolute Gasteiger partial charge is 0.491 e. The average Bonchev–Trinajstić information content (AvgIpc) is 0.823. The number of aromatic carboxylic acids is 1. The summed E-state index contributed by atoms with van der Waals surface area (Å²) in [5.41, 5.74) is 9.99. The number of nitrogens with zero attached hydrogens (tertiary/aromatic N) is 8. The summed E-state index contributed by atoms with van der Waals surface area (Å²) in [5, 5.41) is 45.0. The number of esters is 2. The molecule has 11 rings (SSSR count). The number of rotatable bonds is 13. The van der Waals surface area contributed by atoms with Crippen molar-refractivity contribution in [3.63, 3.8) is 0 Å². The van der Waals surface area contributed by atoms with E-state index >= 15 is 0 Å². The lowest BCUT2D eigenvalue weighted by Gasteiger charge is -2.13. The van der Waals surface area contributed by atoms with E-state index in [2.05, 4.69) is 206 Å². The lowest BCUT2D eigenvalue weighted by Crippen LogP contribution is -2.32. The van der Waals surface area contributed by atoms with Gasteiger partial charge in [-0.15, -0.1) is 0 Å². The molecule has 0 amide bonds. The maximum absolute atomic E-state index is 14.1. The molecule has 8 aromatic heterocycles. The highest BCUT2D eigenvalue weighted by Crippen LogP contribution is 2.36. The molecule has 0 fully saturated rings. The summed E-state index contributed by atoms with van der Waals surface area (Å²) >= 11 is 46.1. The summed E-state index contributed by atoms with van der Waals surface area (Å²) < 4.78 is 57.9. The maximum Gasteiger partial charge on any atom is 0.491 e. The number of carbonyl (C=O) groups excluding carboxylic acids is 2. The summed E-state index contributed by atoms with van der Waals surface area (Å²) in [5.74, 6) is -3.65. The molecule has 0 bridgehead atoms. The van der Waals surface area contributed by atoms with E-state index in [9.17, 15) is 32.7 Å². The van der Waals surface area contributed by atoms with Gasteiger partial charge in [0.1, 0.15) is 48.0 Å². The first-order chi connectivity index (χ1) is 48.9. The number of carbonyl (C=O) groups is 3. The van der Waals surface area contributed by atoms with Crippen molar-refractivity contribution in [2.24, 2.45) is 5.73 Å². The van der Waals surface area contributed by atoms with E-state index in [-0.39, 0.29) is 38.8 Å². The van der Waals surface area contributed by atoms with Crippen LogP contribution in [-0.2, 0) is 9.47 Å². The lowest BCUT2D eigenvalue weighted by molar-refractivity contribution is 0.0592. The lowest BCUT2D eigenvalue weighted by atomic mass is 9.80. The van der Waals surface area contributed by atoms with Crippen molar-refractivity contribution >= 4 is 249 Å². The molecule has 3 aromatic carbocycles. The quantitative estimate of drug-likeness (QED) is 0.0230. The van der Waals surface area contributed by atoms with Crippen LogP contribution in [0.1, 0.15) is 38.0 Å². The van der Waals surface area contributed by atoms with Crippen molar-refractivity contribution in [1.82, 2.24) is 39.9 Å². The number of halogens is 15. The molecule has 11 aromatic rings. The van der Waals surface area contributed by atoms with Gasteiger partial charge >= 0.3 is 25.0 Å². The van der Waals surface area contributed by atoms with Crippen LogP contribution in [0.5, 0.6) is 0 Å². The third kappa shape index (κ3) is 29.2. The number of nitrogens with two attached hydrogens (primary N) is 1. The molecule has 0 aliphatic heterocycles. The number of anilines is 6. The van der Waals surface area contributed by atoms with Gasteiger partial charge in [0.2, 0.25) is 0 Å². The highest BCUT2D eigenvalue weighted by Gasteiger charge is 2.19. The van der Waals surface area contributed by atoms with Gasteiger partial charge in [-0.1, -0.05) is 34.8 Å². The topological polar surface area (TPSA) is 316 Å². The number of hydrogen-bond donors (Lipinski definition) is 8. The minimum atomic E-state index is -1.81. The number of hydrogen-bond acceptors (Lipinski definition) is 20. The number of aromatic nitrogens is 8. The summed E-state index contributed by atoms with van der Waals surface area (Å²) in [6, 6.07) is 27.7. The highest BCUT2D eigenvalue weighted by molar-refractivity contribution is 14.1. The van der Waals surface area contributed by atoms with Crippen molar-refractivity contribution in [3.8, 4) is 22.5 Å². The van der Waals surface area contributed by atoms with E-state index in [4.69, 9.17) is 65.2 Å². The van der Waals surface area contributed by atoms with Crippen molar-refractivity contribution in [1.29, 1.82) is 0 Å². The van der Waals surface area contributed by atoms with Crippen LogP contribution in [0.4, 0.5) is 47.3 Å². The first kappa shape index (κ1) is 87.4. The third-order valence-electron chi connectivity index (χ3n) is 12.3. The number of benzene rings is 3. The smallest absolute Gasteiger partial charge is 0.478 e. The Morgan fingerprint density at radius 2 is 0.883 bits per heavy atom. The Labute approximate surface area is 683 Å². The molecule has 0 spiro atoms. The second kappa shape index (κ2) is 44.7. The predicted molar refractivity (Wildman–Crippen MR) is 430 cm³/mol. The molecular formula is C66H50BBr8Cl3F3IN12O9.